The molecule has 1 N–H and O–H groups in total. The second kappa shape index (κ2) is 6.27. The van der Waals surface area contributed by atoms with Gasteiger partial charge in [0.25, 0.3) is 0 Å². The molecular formula is C22H25N3O2. The van der Waals surface area contributed by atoms with E-state index < -0.39 is 6.09 Å². The smallest absolute Gasteiger partial charge is 0.412 e. The Kier molecular flexibility index (Phi) is 3.86. The van der Waals surface area contributed by atoms with E-state index in [1.165, 1.54) is 16.8 Å². The number of fused-ring (bicyclic) bond motifs is 2. The highest BCUT2D eigenvalue weighted by Gasteiger charge is 2.42. The van der Waals surface area contributed by atoms with Crippen molar-refractivity contribution in [3.8, 4) is 0 Å². The number of anilines is 3. The zero-order valence-corrected chi connectivity index (χ0v) is 15.6. The monoisotopic (exact) mass is 363 g/mol. The molecule has 0 aliphatic carbocycles. The molecule has 140 valence electrons. The number of para-hydroxylation sites is 3. The highest BCUT2D eigenvalue weighted by molar-refractivity contribution is 5.96. The van der Waals surface area contributed by atoms with Crippen molar-refractivity contribution < 1.29 is 9.90 Å². The van der Waals surface area contributed by atoms with Crippen LogP contribution in [0.1, 0.15) is 30.0 Å². The summed E-state index contributed by atoms with van der Waals surface area (Å²) in [5.41, 5.74) is 5.60. The van der Waals surface area contributed by atoms with Crippen molar-refractivity contribution in [2.45, 2.75) is 25.3 Å². The molecule has 5 rings (SSSR count). The fourth-order valence-corrected chi connectivity index (χ4v) is 5.18. The molecule has 2 aromatic carbocycles. The summed E-state index contributed by atoms with van der Waals surface area (Å²) >= 11 is 0. The molecule has 1 amide bonds. The Bertz CT molecular complexity index is 889. The van der Waals surface area contributed by atoms with E-state index in [2.05, 4.69) is 41.1 Å². The molecule has 1 saturated heterocycles. The van der Waals surface area contributed by atoms with Crippen molar-refractivity contribution in [3.05, 3.63) is 53.6 Å². The Hall–Kier alpha value is -2.53. The number of hydrogen-bond acceptors (Lipinski definition) is 3. The maximum absolute atomic E-state index is 12.5. The van der Waals surface area contributed by atoms with Gasteiger partial charge in [0.1, 0.15) is 0 Å². The van der Waals surface area contributed by atoms with E-state index in [4.69, 9.17) is 0 Å². The zero-order valence-electron chi connectivity index (χ0n) is 15.6. The SMILES string of the molecule is CN1CCC(C2c3cccc4c3N(CC4)c3ccccc3N2C(=O)O)CC1. The highest BCUT2D eigenvalue weighted by Crippen LogP contribution is 2.52. The third-order valence-electron chi connectivity index (χ3n) is 6.47. The number of amides is 1. The van der Waals surface area contributed by atoms with Crippen LogP contribution in [0.2, 0.25) is 0 Å². The van der Waals surface area contributed by atoms with Crippen LogP contribution in [0.4, 0.5) is 21.9 Å². The van der Waals surface area contributed by atoms with Crippen LogP contribution in [0, 0.1) is 5.92 Å². The Morgan fingerprint density at radius 1 is 1.00 bits per heavy atom. The molecule has 0 spiro atoms. The molecule has 0 bridgehead atoms. The number of likely N-dealkylation sites (tertiary alicyclic amines) is 1. The molecule has 3 heterocycles. The van der Waals surface area contributed by atoms with E-state index in [0.717, 1.165) is 50.3 Å². The van der Waals surface area contributed by atoms with Gasteiger partial charge in [-0.05, 0) is 68.6 Å². The van der Waals surface area contributed by atoms with Crippen LogP contribution in [0.5, 0.6) is 0 Å². The van der Waals surface area contributed by atoms with Crippen molar-refractivity contribution >= 4 is 23.2 Å². The van der Waals surface area contributed by atoms with Gasteiger partial charge in [0, 0.05) is 12.2 Å². The van der Waals surface area contributed by atoms with Gasteiger partial charge in [-0.2, -0.15) is 0 Å². The first-order valence-electron chi connectivity index (χ1n) is 9.84. The van der Waals surface area contributed by atoms with E-state index >= 15 is 0 Å². The van der Waals surface area contributed by atoms with E-state index in [-0.39, 0.29) is 6.04 Å². The van der Waals surface area contributed by atoms with Crippen LogP contribution in [-0.4, -0.2) is 42.8 Å². The predicted molar refractivity (Wildman–Crippen MR) is 107 cm³/mol. The number of rotatable bonds is 1. The summed E-state index contributed by atoms with van der Waals surface area (Å²) < 4.78 is 0. The number of nitrogens with zero attached hydrogens (tertiary/aromatic N) is 3. The van der Waals surface area contributed by atoms with Crippen molar-refractivity contribution in [1.29, 1.82) is 0 Å². The molecule has 2 aromatic rings. The second-order valence-electron chi connectivity index (χ2n) is 7.98. The summed E-state index contributed by atoms with van der Waals surface area (Å²) in [7, 11) is 2.15. The van der Waals surface area contributed by atoms with Gasteiger partial charge >= 0.3 is 6.09 Å². The van der Waals surface area contributed by atoms with Crippen molar-refractivity contribution in [3.63, 3.8) is 0 Å². The number of carbonyl (C=O) groups is 1. The summed E-state index contributed by atoms with van der Waals surface area (Å²) in [5.74, 6) is 0.331. The molecular weight excluding hydrogens is 338 g/mol. The normalized spacial score (nSPS) is 22.3. The third-order valence-corrected chi connectivity index (χ3v) is 6.47. The molecule has 3 aliphatic rings. The van der Waals surface area contributed by atoms with Gasteiger partial charge < -0.3 is 14.9 Å². The minimum atomic E-state index is -0.856. The summed E-state index contributed by atoms with van der Waals surface area (Å²) in [6.45, 7) is 2.96. The van der Waals surface area contributed by atoms with Crippen LogP contribution >= 0.6 is 0 Å². The van der Waals surface area contributed by atoms with Crippen LogP contribution in [0.15, 0.2) is 42.5 Å². The second-order valence-corrected chi connectivity index (χ2v) is 7.98. The number of benzene rings is 2. The minimum absolute atomic E-state index is 0.129. The summed E-state index contributed by atoms with van der Waals surface area (Å²) in [6.07, 6.45) is 2.21. The maximum Gasteiger partial charge on any atom is 0.412 e. The van der Waals surface area contributed by atoms with Crippen LogP contribution in [0.3, 0.4) is 0 Å². The van der Waals surface area contributed by atoms with Crippen LogP contribution in [-0.2, 0) is 6.42 Å². The van der Waals surface area contributed by atoms with Crippen molar-refractivity contribution in [1.82, 2.24) is 4.90 Å². The van der Waals surface area contributed by atoms with Gasteiger partial charge in [-0.3, -0.25) is 4.90 Å². The molecule has 0 saturated carbocycles. The van der Waals surface area contributed by atoms with Gasteiger partial charge in [0.05, 0.1) is 17.4 Å². The van der Waals surface area contributed by atoms with Gasteiger partial charge in [0.15, 0.2) is 0 Å². The molecule has 3 aliphatic heterocycles. The number of hydrogen-bond donors (Lipinski definition) is 1. The standard InChI is InChI=1S/C22H25N3O2/c1-23-12-9-16(10-13-23)21-17-6-4-5-15-11-14-24(20(15)17)18-7-2-3-8-19(18)25(21)22(26)27/h2-8,16,21H,9-14H2,1H3,(H,26,27). The molecule has 5 heteroatoms. The van der Waals surface area contributed by atoms with E-state index in [1.54, 1.807) is 4.90 Å². The Morgan fingerprint density at radius 2 is 1.74 bits per heavy atom. The molecule has 0 aromatic heterocycles. The first-order valence-corrected chi connectivity index (χ1v) is 9.84. The quantitative estimate of drug-likeness (QED) is 0.822. The lowest BCUT2D eigenvalue weighted by Gasteiger charge is -2.39. The minimum Gasteiger partial charge on any atom is -0.465 e. The lowest BCUT2D eigenvalue weighted by Crippen LogP contribution is -2.41. The van der Waals surface area contributed by atoms with Crippen molar-refractivity contribution in [2.24, 2.45) is 5.92 Å². The van der Waals surface area contributed by atoms with E-state index in [1.807, 2.05) is 18.2 Å². The van der Waals surface area contributed by atoms with Crippen LogP contribution in [0.25, 0.3) is 0 Å². The zero-order chi connectivity index (χ0) is 18.5. The molecule has 5 nitrogen and oxygen atoms in total. The van der Waals surface area contributed by atoms with Gasteiger partial charge in [-0.15, -0.1) is 0 Å². The molecule has 0 radical (unpaired) electrons. The first kappa shape index (κ1) is 16.6. The Morgan fingerprint density at radius 3 is 2.48 bits per heavy atom. The molecule has 1 atom stereocenters. The highest BCUT2D eigenvalue weighted by atomic mass is 16.4. The van der Waals surface area contributed by atoms with E-state index in [0.29, 0.717) is 5.92 Å². The summed E-state index contributed by atoms with van der Waals surface area (Å²) in [4.78, 5) is 18.8. The molecule has 1 unspecified atom stereocenters. The largest absolute Gasteiger partial charge is 0.465 e. The average Bonchev–Trinajstić information content (AvgIpc) is 3.05. The Labute approximate surface area is 159 Å². The van der Waals surface area contributed by atoms with Crippen LogP contribution < -0.4 is 9.80 Å². The average molecular weight is 363 g/mol. The lowest BCUT2D eigenvalue weighted by molar-refractivity contribution is 0.176. The van der Waals surface area contributed by atoms with Gasteiger partial charge in [-0.25, -0.2) is 4.79 Å². The number of piperidine rings is 1. The molecule has 27 heavy (non-hydrogen) atoms. The summed E-state index contributed by atoms with van der Waals surface area (Å²) in [5, 5.41) is 10.3. The lowest BCUT2D eigenvalue weighted by atomic mass is 9.83. The topological polar surface area (TPSA) is 47.0 Å². The van der Waals surface area contributed by atoms with E-state index in [9.17, 15) is 9.90 Å². The summed E-state index contributed by atoms with van der Waals surface area (Å²) in [6, 6.07) is 14.3. The predicted octanol–water partition coefficient (Wildman–Crippen LogP) is 4.26. The van der Waals surface area contributed by atoms with Gasteiger partial charge in [-0.1, -0.05) is 30.3 Å². The number of carboxylic acid groups (broad SMARTS) is 1. The fourth-order valence-electron chi connectivity index (χ4n) is 5.18. The molecule has 1 fully saturated rings. The Balaban J connectivity index is 1.74. The van der Waals surface area contributed by atoms with Crippen molar-refractivity contribution in [2.75, 3.05) is 36.5 Å². The first-order chi connectivity index (χ1) is 13.1. The van der Waals surface area contributed by atoms with Gasteiger partial charge in [0.2, 0.25) is 0 Å². The fraction of sp³-hybridized carbons (Fsp3) is 0.409. The maximum atomic E-state index is 12.5. The third kappa shape index (κ3) is 2.52.